The van der Waals surface area contributed by atoms with Crippen molar-refractivity contribution in [2.75, 3.05) is 0 Å². The van der Waals surface area contributed by atoms with Gasteiger partial charge in [-0.2, -0.15) is 13.2 Å². The third kappa shape index (κ3) is 3.15. The van der Waals surface area contributed by atoms with Crippen LogP contribution in [0.25, 0.3) is 0 Å². The predicted molar refractivity (Wildman–Crippen MR) is 33.4 cm³/mol. The van der Waals surface area contributed by atoms with E-state index in [4.69, 9.17) is 5.41 Å². The molecule has 0 aliphatic rings. The SMILES string of the molecule is [CH2]CCC(=N)C(=O)C(F)(F)F. The molecule has 0 aromatic carbocycles. The molecular formula is C6H7F3NO. The second kappa shape index (κ2) is 3.50. The Balaban J connectivity index is 4.15. The fraction of sp³-hybridized carbons (Fsp3) is 0.500. The zero-order chi connectivity index (χ0) is 9.07. The highest BCUT2D eigenvalue weighted by atomic mass is 19.4. The van der Waals surface area contributed by atoms with E-state index >= 15 is 0 Å². The van der Waals surface area contributed by atoms with Crippen molar-refractivity contribution < 1.29 is 18.0 Å². The maximum atomic E-state index is 11.5. The summed E-state index contributed by atoms with van der Waals surface area (Å²) in [5, 5.41) is 6.64. The van der Waals surface area contributed by atoms with E-state index in [1.165, 1.54) is 0 Å². The van der Waals surface area contributed by atoms with Gasteiger partial charge in [-0.15, -0.1) is 0 Å². The Kier molecular flexibility index (Phi) is 3.22. The van der Waals surface area contributed by atoms with Crippen molar-refractivity contribution in [3.05, 3.63) is 6.92 Å². The fourth-order valence-corrected chi connectivity index (χ4v) is 0.461. The van der Waals surface area contributed by atoms with Gasteiger partial charge in [0.15, 0.2) is 0 Å². The quantitative estimate of drug-likeness (QED) is 0.637. The minimum absolute atomic E-state index is 0.126. The molecule has 2 nitrogen and oxygen atoms in total. The van der Waals surface area contributed by atoms with Gasteiger partial charge >= 0.3 is 6.18 Å². The monoisotopic (exact) mass is 166 g/mol. The average Bonchev–Trinajstić information content (AvgIpc) is 1.85. The summed E-state index contributed by atoms with van der Waals surface area (Å²) < 4.78 is 34.5. The molecule has 0 amide bonds. The van der Waals surface area contributed by atoms with E-state index in [0.29, 0.717) is 0 Å². The highest BCUT2D eigenvalue weighted by Gasteiger charge is 2.40. The van der Waals surface area contributed by atoms with Gasteiger partial charge in [-0.25, -0.2) is 0 Å². The van der Waals surface area contributed by atoms with Crippen LogP contribution in [-0.4, -0.2) is 17.7 Å². The van der Waals surface area contributed by atoms with Crippen LogP contribution in [0.1, 0.15) is 12.8 Å². The summed E-state index contributed by atoms with van der Waals surface area (Å²) in [6, 6.07) is 0. The first-order chi connectivity index (χ1) is 4.89. The molecule has 1 radical (unpaired) electrons. The summed E-state index contributed by atoms with van der Waals surface area (Å²) in [7, 11) is 0. The Bertz CT molecular complexity index is 173. The molecule has 11 heavy (non-hydrogen) atoms. The van der Waals surface area contributed by atoms with Crippen molar-refractivity contribution >= 4 is 11.5 Å². The molecule has 0 aromatic rings. The van der Waals surface area contributed by atoms with Crippen molar-refractivity contribution in [1.29, 1.82) is 5.41 Å². The van der Waals surface area contributed by atoms with Gasteiger partial charge in [-0.3, -0.25) is 4.79 Å². The van der Waals surface area contributed by atoms with Crippen LogP contribution >= 0.6 is 0 Å². The van der Waals surface area contributed by atoms with Gasteiger partial charge in [0.1, 0.15) is 0 Å². The first-order valence-corrected chi connectivity index (χ1v) is 2.87. The zero-order valence-electron chi connectivity index (χ0n) is 5.66. The first-order valence-electron chi connectivity index (χ1n) is 2.87. The third-order valence-corrected chi connectivity index (χ3v) is 0.958. The molecule has 0 heterocycles. The second-order valence-electron chi connectivity index (χ2n) is 1.91. The van der Waals surface area contributed by atoms with Crippen molar-refractivity contribution in [2.45, 2.75) is 19.0 Å². The molecule has 0 unspecified atom stereocenters. The number of rotatable bonds is 3. The van der Waals surface area contributed by atoms with Crippen LogP contribution < -0.4 is 0 Å². The Morgan fingerprint density at radius 3 is 2.18 bits per heavy atom. The van der Waals surface area contributed by atoms with E-state index in [1.807, 2.05) is 0 Å². The molecule has 0 atom stereocenters. The van der Waals surface area contributed by atoms with E-state index in [9.17, 15) is 18.0 Å². The Hall–Kier alpha value is -0.870. The maximum absolute atomic E-state index is 11.5. The molecule has 0 saturated carbocycles. The number of hydrogen-bond acceptors (Lipinski definition) is 2. The minimum atomic E-state index is -4.91. The minimum Gasteiger partial charge on any atom is -0.301 e. The summed E-state index contributed by atoms with van der Waals surface area (Å²) in [5.74, 6) is -2.07. The number of ketones is 1. The van der Waals surface area contributed by atoms with Crippen LogP contribution in [0.4, 0.5) is 13.2 Å². The van der Waals surface area contributed by atoms with Crippen LogP contribution in [0.5, 0.6) is 0 Å². The topological polar surface area (TPSA) is 40.9 Å². The van der Waals surface area contributed by atoms with Crippen LogP contribution in [-0.2, 0) is 4.79 Å². The lowest BCUT2D eigenvalue weighted by atomic mass is 10.1. The lowest BCUT2D eigenvalue weighted by Gasteiger charge is -2.04. The Morgan fingerprint density at radius 2 is 1.91 bits per heavy atom. The number of alkyl halides is 3. The third-order valence-electron chi connectivity index (χ3n) is 0.958. The van der Waals surface area contributed by atoms with Crippen molar-refractivity contribution in [2.24, 2.45) is 0 Å². The van der Waals surface area contributed by atoms with E-state index in [-0.39, 0.29) is 12.8 Å². The van der Waals surface area contributed by atoms with Crippen molar-refractivity contribution in [1.82, 2.24) is 0 Å². The van der Waals surface area contributed by atoms with E-state index < -0.39 is 17.7 Å². The van der Waals surface area contributed by atoms with Gasteiger partial charge < -0.3 is 5.41 Å². The molecule has 1 N–H and O–H groups in total. The van der Waals surface area contributed by atoms with Crippen LogP contribution in [0.3, 0.4) is 0 Å². The number of Topliss-reactive ketones (excluding diaryl/α,β-unsaturated/α-hetero) is 1. The van der Waals surface area contributed by atoms with Crippen LogP contribution in [0.15, 0.2) is 0 Å². The van der Waals surface area contributed by atoms with Crippen molar-refractivity contribution in [3.63, 3.8) is 0 Å². The van der Waals surface area contributed by atoms with E-state index in [0.717, 1.165) is 0 Å². The fourth-order valence-electron chi connectivity index (χ4n) is 0.461. The van der Waals surface area contributed by atoms with E-state index in [2.05, 4.69) is 6.92 Å². The van der Waals surface area contributed by atoms with E-state index in [1.54, 1.807) is 0 Å². The number of hydrogen-bond donors (Lipinski definition) is 1. The standard InChI is InChI=1S/C6H7F3NO/c1-2-3-4(10)5(11)6(7,8)9/h10H,1-3H2. The molecular weight excluding hydrogens is 159 g/mol. The smallest absolute Gasteiger partial charge is 0.301 e. The second-order valence-corrected chi connectivity index (χ2v) is 1.91. The van der Waals surface area contributed by atoms with Crippen LogP contribution in [0.2, 0.25) is 0 Å². The first kappa shape index (κ1) is 10.1. The van der Waals surface area contributed by atoms with Gasteiger partial charge in [0, 0.05) is 0 Å². The molecule has 0 aromatic heterocycles. The molecule has 0 aliphatic heterocycles. The number of carbonyl (C=O) groups is 1. The Labute approximate surface area is 61.9 Å². The molecule has 0 rings (SSSR count). The lowest BCUT2D eigenvalue weighted by Crippen LogP contribution is -2.30. The maximum Gasteiger partial charge on any atom is 0.456 e. The van der Waals surface area contributed by atoms with Gasteiger partial charge in [-0.05, 0) is 12.8 Å². The molecule has 0 spiro atoms. The Morgan fingerprint density at radius 1 is 1.45 bits per heavy atom. The molecule has 0 aliphatic carbocycles. The summed E-state index contributed by atoms with van der Waals surface area (Å²) in [5.41, 5.74) is -0.924. The molecule has 5 heteroatoms. The molecule has 0 saturated heterocycles. The molecule has 63 valence electrons. The largest absolute Gasteiger partial charge is 0.456 e. The molecule has 0 fully saturated rings. The average molecular weight is 166 g/mol. The summed E-state index contributed by atoms with van der Waals surface area (Å²) in [4.78, 5) is 10.2. The molecule has 0 bridgehead atoms. The summed E-state index contributed by atoms with van der Waals surface area (Å²) >= 11 is 0. The van der Waals surface area contributed by atoms with Gasteiger partial charge in [0.25, 0.3) is 5.78 Å². The zero-order valence-corrected chi connectivity index (χ0v) is 5.66. The van der Waals surface area contributed by atoms with Gasteiger partial charge in [-0.1, -0.05) is 6.92 Å². The number of nitrogens with one attached hydrogen (secondary N) is 1. The highest BCUT2D eigenvalue weighted by molar-refractivity contribution is 6.40. The van der Waals surface area contributed by atoms with Gasteiger partial charge in [0.05, 0.1) is 5.71 Å². The van der Waals surface area contributed by atoms with Crippen molar-refractivity contribution in [3.8, 4) is 0 Å². The number of halogens is 3. The highest BCUT2D eigenvalue weighted by Crippen LogP contribution is 2.17. The normalized spacial score (nSPS) is 11.3. The summed E-state index contributed by atoms with van der Waals surface area (Å²) in [6.45, 7) is 3.23. The summed E-state index contributed by atoms with van der Waals surface area (Å²) in [6.07, 6.45) is -5.01. The number of carbonyl (C=O) groups excluding carboxylic acids is 1. The van der Waals surface area contributed by atoms with Crippen LogP contribution in [0, 0.1) is 12.3 Å². The van der Waals surface area contributed by atoms with Gasteiger partial charge in [0.2, 0.25) is 0 Å². The lowest BCUT2D eigenvalue weighted by molar-refractivity contribution is -0.163. The predicted octanol–water partition coefficient (Wildman–Crippen LogP) is 1.75.